The van der Waals surface area contributed by atoms with Gasteiger partial charge >= 0.3 is 0 Å². The van der Waals surface area contributed by atoms with Gasteiger partial charge in [-0.25, -0.2) is 9.37 Å². The molecule has 2 aliphatic rings. The number of phenolic OH excluding ortho intramolecular Hbond substituents is 1. The first kappa shape index (κ1) is 17.4. The lowest BCUT2D eigenvalue weighted by atomic mass is 9.96. The molecule has 146 valence electrons. The summed E-state index contributed by atoms with van der Waals surface area (Å²) in [7, 11) is 1.87. The van der Waals surface area contributed by atoms with Crippen LogP contribution in [0.2, 0.25) is 0 Å². The minimum Gasteiger partial charge on any atom is -0.507 e. The zero-order valence-electron chi connectivity index (χ0n) is 15.8. The van der Waals surface area contributed by atoms with Crippen molar-refractivity contribution in [3.8, 4) is 17.0 Å². The molecule has 5 rings (SSSR count). The van der Waals surface area contributed by atoms with Crippen molar-refractivity contribution in [1.29, 1.82) is 0 Å². The number of halogens is 1. The van der Waals surface area contributed by atoms with Crippen molar-refractivity contribution in [2.24, 2.45) is 0 Å². The summed E-state index contributed by atoms with van der Waals surface area (Å²) in [6.45, 7) is 1.76. The topological polar surface area (TPSA) is 87.3 Å². The Labute approximate surface area is 161 Å². The monoisotopic (exact) mass is 383 g/mol. The number of fused-ring (bicyclic) bond motifs is 3. The average molecular weight is 383 g/mol. The highest BCUT2D eigenvalue weighted by atomic mass is 19.1. The summed E-state index contributed by atoms with van der Waals surface area (Å²) in [4.78, 5) is 6.10. The predicted octanol–water partition coefficient (Wildman–Crippen LogP) is 2.97. The van der Waals surface area contributed by atoms with Gasteiger partial charge in [0, 0.05) is 37.7 Å². The molecule has 2 aliphatic heterocycles. The molecule has 2 bridgehead atoms. The van der Waals surface area contributed by atoms with E-state index in [1.807, 2.05) is 18.0 Å². The Morgan fingerprint density at radius 1 is 1.25 bits per heavy atom. The smallest absolute Gasteiger partial charge is 0.192 e. The van der Waals surface area contributed by atoms with Gasteiger partial charge in [0.2, 0.25) is 0 Å². The number of phenols is 1. The van der Waals surface area contributed by atoms with Gasteiger partial charge in [-0.05, 0) is 37.5 Å². The van der Waals surface area contributed by atoms with E-state index in [-0.39, 0.29) is 17.8 Å². The van der Waals surface area contributed by atoms with Crippen LogP contribution in [0, 0.1) is 6.92 Å². The second-order valence-electron chi connectivity index (χ2n) is 7.75. The van der Waals surface area contributed by atoms with Crippen LogP contribution in [0.5, 0.6) is 5.75 Å². The second kappa shape index (κ2) is 6.41. The molecule has 0 aliphatic carbocycles. The standard InChI is InChI=1S/C20H22FN5O2/c1-10-22-15-9-17(27)12(8-18(15)28-10)13-5-6-19(25-24-13)26(2)16-7-11-3-4-14(23-11)20(16)21/h5-6,8-9,11,14,16,20,23,27H,3-4,7H2,1-2H3/t11?,14?,16-,20+/m0/s1. The number of benzene rings is 1. The van der Waals surface area contributed by atoms with Crippen molar-refractivity contribution in [2.45, 2.75) is 50.5 Å². The number of alkyl halides is 1. The van der Waals surface area contributed by atoms with Crippen LogP contribution in [0.15, 0.2) is 28.7 Å². The van der Waals surface area contributed by atoms with E-state index in [4.69, 9.17) is 4.42 Å². The van der Waals surface area contributed by atoms with Gasteiger partial charge in [0.1, 0.15) is 17.4 Å². The Morgan fingerprint density at radius 2 is 2.11 bits per heavy atom. The van der Waals surface area contributed by atoms with E-state index in [1.54, 1.807) is 25.1 Å². The summed E-state index contributed by atoms with van der Waals surface area (Å²) in [5.41, 5.74) is 2.22. The summed E-state index contributed by atoms with van der Waals surface area (Å²) < 4.78 is 20.4. The lowest BCUT2D eigenvalue weighted by molar-refractivity contribution is 0.176. The van der Waals surface area contributed by atoms with Gasteiger partial charge in [-0.2, -0.15) is 0 Å². The molecular weight excluding hydrogens is 361 g/mol. The van der Waals surface area contributed by atoms with Gasteiger partial charge in [0.25, 0.3) is 0 Å². The number of anilines is 1. The molecule has 7 nitrogen and oxygen atoms in total. The summed E-state index contributed by atoms with van der Waals surface area (Å²) in [5.74, 6) is 1.22. The van der Waals surface area contributed by atoms with E-state index in [2.05, 4.69) is 20.5 Å². The normalized spacial score (nSPS) is 26.7. The number of piperidine rings is 1. The van der Waals surface area contributed by atoms with E-state index in [0.717, 1.165) is 19.3 Å². The number of oxazole rings is 1. The number of aromatic hydroxyl groups is 1. The number of rotatable bonds is 3. The lowest BCUT2D eigenvalue weighted by Gasteiger charge is -2.38. The van der Waals surface area contributed by atoms with E-state index < -0.39 is 6.17 Å². The maximum absolute atomic E-state index is 14.8. The molecule has 2 N–H and O–H groups in total. The van der Waals surface area contributed by atoms with Crippen LogP contribution in [-0.2, 0) is 0 Å². The summed E-state index contributed by atoms with van der Waals surface area (Å²) in [5, 5.41) is 22.2. The molecule has 2 unspecified atom stereocenters. The molecule has 4 atom stereocenters. The SMILES string of the molecule is Cc1nc2cc(O)c(-c3ccc(N(C)[C@H]4CC5CCC(N5)[C@H]4F)nn3)cc2o1. The van der Waals surface area contributed by atoms with Crippen LogP contribution in [0.3, 0.4) is 0 Å². The average Bonchev–Trinajstić information content (AvgIpc) is 3.26. The maximum atomic E-state index is 14.8. The van der Waals surface area contributed by atoms with Gasteiger partial charge in [0.15, 0.2) is 17.3 Å². The Hall–Kier alpha value is -2.74. The highest BCUT2D eigenvalue weighted by molar-refractivity contribution is 5.83. The molecule has 2 aromatic heterocycles. The van der Waals surface area contributed by atoms with Crippen LogP contribution in [0.4, 0.5) is 10.2 Å². The van der Waals surface area contributed by atoms with Gasteiger partial charge in [-0.15, -0.1) is 10.2 Å². The molecule has 8 heteroatoms. The third-order valence-electron chi connectivity index (χ3n) is 5.95. The van der Waals surface area contributed by atoms with Crippen molar-refractivity contribution < 1.29 is 13.9 Å². The maximum Gasteiger partial charge on any atom is 0.192 e. The van der Waals surface area contributed by atoms with Crippen LogP contribution < -0.4 is 10.2 Å². The van der Waals surface area contributed by atoms with Crippen molar-refractivity contribution in [3.63, 3.8) is 0 Å². The van der Waals surface area contributed by atoms with E-state index in [1.165, 1.54) is 0 Å². The largest absolute Gasteiger partial charge is 0.507 e. The van der Waals surface area contributed by atoms with Gasteiger partial charge < -0.3 is 19.7 Å². The number of hydrogen-bond acceptors (Lipinski definition) is 7. The second-order valence-corrected chi connectivity index (χ2v) is 7.75. The molecule has 0 saturated carbocycles. The molecule has 2 saturated heterocycles. The highest BCUT2D eigenvalue weighted by Crippen LogP contribution is 2.35. The van der Waals surface area contributed by atoms with E-state index in [9.17, 15) is 9.50 Å². The Bertz CT molecular complexity index is 1020. The van der Waals surface area contributed by atoms with Crippen LogP contribution >= 0.6 is 0 Å². The van der Waals surface area contributed by atoms with E-state index >= 15 is 0 Å². The molecule has 4 heterocycles. The van der Waals surface area contributed by atoms with Crippen LogP contribution in [0.1, 0.15) is 25.2 Å². The summed E-state index contributed by atoms with van der Waals surface area (Å²) in [6, 6.07) is 6.97. The molecule has 2 fully saturated rings. The quantitative estimate of drug-likeness (QED) is 0.719. The molecule has 3 aromatic rings. The van der Waals surface area contributed by atoms with Crippen LogP contribution in [0.25, 0.3) is 22.4 Å². The van der Waals surface area contributed by atoms with Crippen molar-refractivity contribution in [3.05, 3.63) is 30.2 Å². The Balaban J connectivity index is 1.42. The van der Waals surface area contributed by atoms with Crippen molar-refractivity contribution in [1.82, 2.24) is 20.5 Å². The number of aromatic nitrogens is 3. The molecule has 1 aromatic carbocycles. The fourth-order valence-electron chi connectivity index (χ4n) is 4.46. The number of aryl methyl sites for hydroxylation is 1. The third kappa shape index (κ3) is 2.79. The van der Waals surface area contributed by atoms with Gasteiger partial charge in [0.05, 0.1) is 11.7 Å². The molecule has 28 heavy (non-hydrogen) atoms. The zero-order chi connectivity index (χ0) is 19.4. The summed E-state index contributed by atoms with van der Waals surface area (Å²) >= 11 is 0. The fraction of sp³-hybridized carbons (Fsp3) is 0.450. The first-order chi connectivity index (χ1) is 13.5. The highest BCUT2D eigenvalue weighted by Gasteiger charge is 2.43. The van der Waals surface area contributed by atoms with Crippen molar-refractivity contribution in [2.75, 3.05) is 11.9 Å². The van der Waals surface area contributed by atoms with Gasteiger partial charge in [-0.3, -0.25) is 0 Å². The Morgan fingerprint density at radius 3 is 2.89 bits per heavy atom. The lowest BCUT2D eigenvalue weighted by Crippen LogP contribution is -2.55. The minimum absolute atomic E-state index is 0.0625. The molecule has 0 radical (unpaired) electrons. The van der Waals surface area contributed by atoms with E-state index in [0.29, 0.717) is 40.1 Å². The van der Waals surface area contributed by atoms with Crippen molar-refractivity contribution >= 4 is 16.9 Å². The minimum atomic E-state index is -0.925. The first-order valence-corrected chi connectivity index (χ1v) is 9.57. The molecule has 0 spiro atoms. The summed E-state index contributed by atoms with van der Waals surface area (Å²) in [6.07, 6.45) is 1.76. The number of nitrogens with one attached hydrogen (secondary N) is 1. The number of nitrogens with zero attached hydrogens (tertiary/aromatic N) is 4. The third-order valence-corrected chi connectivity index (χ3v) is 5.95. The Kier molecular flexibility index (Phi) is 3.97. The zero-order valence-corrected chi connectivity index (χ0v) is 15.8. The fourth-order valence-corrected chi connectivity index (χ4v) is 4.46. The first-order valence-electron chi connectivity index (χ1n) is 9.57. The van der Waals surface area contributed by atoms with Gasteiger partial charge in [-0.1, -0.05) is 0 Å². The predicted molar refractivity (Wildman–Crippen MR) is 103 cm³/mol. The molecule has 0 amide bonds. The van der Waals surface area contributed by atoms with Crippen LogP contribution in [-0.4, -0.2) is 51.6 Å². The number of hydrogen-bond donors (Lipinski definition) is 2. The molecular formula is C20H22FN5O2.